The van der Waals surface area contributed by atoms with E-state index in [-0.39, 0.29) is 23.8 Å². The van der Waals surface area contributed by atoms with Crippen LogP contribution in [-0.2, 0) is 4.74 Å². The number of esters is 1. The Hall–Kier alpha value is -3.53. The summed E-state index contributed by atoms with van der Waals surface area (Å²) in [6.45, 7) is 0.222. The average Bonchev–Trinajstić information content (AvgIpc) is 2.67. The fourth-order valence-electron chi connectivity index (χ4n) is 2.79. The zero-order chi connectivity index (χ0) is 20.8. The van der Waals surface area contributed by atoms with E-state index in [0.717, 1.165) is 24.8 Å². The second kappa shape index (κ2) is 8.91. The molecule has 28 heavy (non-hydrogen) atoms. The summed E-state index contributed by atoms with van der Waals surface area (Å²) < 4.78 is 4.65. The second-order valence-electron chi connectivity index (χ2n) is 6.16. The van der Waals surface area contributed by atoms with Crippen LogP contribution in [0.1, 0.15) is 22.0 Å². The first kappa shape index (κ1) is 20.8. The Morgan fingerprint density at radius 3 is 2.29 bits per heavy atom. The van der Waals surface area contributed by atoms with Gasteiger partial charge in [0.05, 0.1) is 34.6 Å². The van der Waals surface area contributed by atoms with E-state index in [1.165, 1.54) is 0 Å². The number of likely N-dealkylation sites (N-methyl/N-ethyl adjacent to an activating group) is 1. The van der Waals surface area contributed by atoms with Gasteiger partial charge in [-0.3, -0.25) is 20.2 Å². The van der Waals surface area contributed by atoms with Gasteiger partial charge in [0.2, 0.25) is 0 Å². The van der Waals surface area contributed by atoms with E-state index in [1.54, 1.807) is 0 Å². The van der Waals surface area contributed by atoms with Crippen LogP contribution in [0.2, 0.25) is 0 Å². The molecule has 1 unspecified atom stereocenters. The molecule has 0 aromatic heterocycles. The smallest absolute Gasteiger partial charge is 0.340 e. The maximum absolute atomic E-state index is 12.1. The first-order chi connectivity index (χ1) is 13.3. The van der Waals surface area contributed by atoms with Crippen molar-refractivity contribution < 1.29 is 19.4 Å². The van der Waals surface area contributed by atoms with Crippen LogP contribution in [0.25, 0.3) is 0 Å². The first-order valence-electron chi connectivity index (χ1n) is 8.26. The largest absolute Gasteiger partial charge is 0.465 e. The number of anilines is 1. The topological polar surface area (TPSA) is 128 Å². The summed E-state index contributed by atoms with van der Waals surface area (Å²) >= 11 is 0. The number of nitro benzene ring substituents is 2. The zero-order valence-electron chi connectivity index (χ0n) is 15.6. The van der Waals surface area contributed by atoms with E-state index in [9.17, 15) is 25.0 Å². The fourth-order valence-corrected chi connectivity index (χ4v) is 2.79. The molecule has 10 heteroatoms. The van der Waals surface area contributed by atoms with Crippen LogP contribution in [0, 0.1) is 20.2 Å². The predicted octanol–water partition coefficient (Wildman–Crippen LogP) is 3.00. The highest BCUT2D eigenvalue weighted by Crippen LogP contribution is 2.34. The third-order valence-corrected chi connectivity index (χ3v) is 4.20. The van der Waals surface area contributed by atoms with Crippen LogP contribution in [0.5, 0.6) is 0 Å². The van der Waals surface area contributed by atoms with Crippen molar-refractivity contribution in [3.8, 4) is 0 Å². The molecule has 1 N–H and O–H groups in total. The minimum absolute atomic E-state index is 0.120. The van der Waals surface area contributed by atoms with Crippen molar-refractivity contribution in [3.63, 3.8) is 0 Å². The fraction of sp³-hybridized carbons (Fsp3) is 0.278. The number of nitrogens with one attached hydrogen (secondary N) is 1. The molecular formula is C18H20N4O6. The van der Waals surface area contributed by atoms with Crippen molar-refractivity contribution in [2.75, 3.05) is 33.1 Å². The van der Waals surface area contributed by atoms with Crippen LogP contribution < -0.4 is 5.32 Å². The quantitative estimate of drug-likeness (QED) is 0.415. The lowest BCUT2D eigenvalue weighted by atomic mass is 10.0. The molecule has 0 aliphatic carbocycles. The Kier molecular flexibility index (Phi) is 6.61. The Labute approximate surface area is 161 Å². The predicted molar refractivity (Wildman–Crippen MR) is 102 cm³/mol. The highest BCUT2D eigenvalue weighted by atomic mass is 16.6. The summed E-state index contributed by atoms with van der Waals surface area (Å²) in [5.74, 6) is -0.907. The third-order valence-electron chi connectivity index (χ3n) is 4.20. The van der Waals surface area contributed by atoms with Crippen molar-refractivity contribution in [1.29, 1.82) is 0 Å². The molecule has 0 heterocycles. The molecule has 0 amide bonds. The molecule has 10 nitrogen and oxygen atoms in total. The number of ether oxygens (including phenoxy) is 1. The third kappa shape index (κ3) is 4.60. The molecule has 0 saturated heterocycles. The second-order valence-corrected chi connectivity index (χ2v) is 6.16. The van der Waals surface area contributed by atoms with Gasteiger partial charge in [0, 0.05) is 12.6 Å². The summed E-state index contributed by atoms with van der Waals surface area (Å²) in [5, 5.41) is 25.5. The van der Waals surface area contributed by atoms with E-state index < -0.39 is 27.2 Å². The van der Waals surface area contributed by atoms with Gasteiger partial charge in [0.25, 0.3) is 11.4 Å². The van der Waals surface area contributed by atoms with Gasteiger partial charge in [-0.25, -0.2) is 4.79 Å². The number of carbonyl (C=O) groups excluding carboxylic acids is 1. The molecule has 0 fully saturated rings. The summed E-state index contributed by atoms with van der Waals surface area (Å²) in [7, 11) is 4.80. The van der Waals surface area contributed by atoms with E-state index in [4.69, 9.17) is 0 Å². The van der Waals surface area contributed by atoms with Crippen molar-refractivity contribution >= 4 is 23.0 Å². The molecule has 1 atom stereocenters. The lowest BCUT2D eigenvalue weighted by Gasteiger charge is -2.26. The van der Waals surface area contributed by atoms with Crippen molar-refractivity contribution in [3.05, 3.63) is 73.8 Å². The van der Waals surface area contributed by atoms with Crippen molar-refractivity contribution in [1.82, 2.24) is 4.90 Å². The maximum Gasteiger partial charge on any atom is 0.340 e. The molecule has 0 bridgehead atoms. The minimum Gasteiger partial charge on any atom is -0.465 e. The summed E-state index contributed by atoms with van der Waals surface area (Å²) in [6, 6.07) is 11.1. The van der Waals surface area contributed by atoms with E-state index in [1.807, 2.05) is 49.3 Å². The van der Waals surface area contributed by atoms with E-state index in [2.05, 4.69) is 10.1 Å². The summed E-state index contributed by atoms with van der Waals surface area (Å²) in [5.41, 5.74) is -0.562. The normalized spacial score (nSPS) is 11.7. The number of hydrogen-bond acceptors (Lipinski definition) is 8. The zero-order valence-corrected chi connectivity index (χ0v) is 15.6. The molecule has 0 aliphatic heterocycles. The monoisotopic (exact) mass is 388 g/mol. The maximum atomic E-state index is 12.1. The highest BCUT2D eigenvalue weighted by molar-refractivity contribution is 5.99. The number of nitrogens with zero attached hydrogens (tertiary/aromatic N) is 3. The number of hydrogen-bond donors (Lipinski definition) is 1. The van der Waals surface area contributed by atoms with E-state index >= 15 is 0 Å². The number of non-ortho nitro benzene ring substituents is 1. The minimum atomic E-state index is -0.907. The van der Waals surface area contributed by atoms with Crippen LogP contribution in [0.4, 0.5) is 17.1 Å². The van der Waals surface area contributed by atoms with Crippen LogP contribution in [-0.4, -0.2) is 48.5 Å². The van der Waals surface area contributed by atoms with E-state index in [0.29, 0.717) is 0 Å². The van der Waals surface area contributed by atoms with Gasteiger partial charge in [-0.05, 0) is 19.7 Å². The first-order valence-corrected chi connectivity index (χ1v) is 8.26. The van der Waals surface area contributed by atoms with Crippen molar-refractivity contribution in [2.24, 2.45) is 0 Å². The molecular weight excluding hydrogens is 368 g/mol. The number of benzene rings is 2. The standard InChI is InChI=1S/C18H20N4O6/c1-20(2)16(12-7-5-4-6-8-12)11-19-17-14(18(23)28-3)9-13(21(24)25)10-15(17)22(26)27/h4-10,16,19H,11H2,1-3H3. The summed E-state index contributed by atoms with van der Waals surface area (Å²) in [4.78, 5) is 35.0. The Morgan fingerprint density at radius 1 is 1.14 bits per heavy atom. The van der Waals surface area contributed by atoms with Crippen molar-refractivity contribution in [2.45, 2.75) is 6.04 Å². The molecule has 148 valence electrons. The molecule has 0 aliphatic rings. The molecule has 0 radical (unpaired) electrons. The molecule has 2 aromatic carbocycles. The Morgan fingerprint density at radius 2 is 1.79 bits per heavy atom. The Balaban J connectivity index is 2.49. The molecule has 2 rings (SSSR count). The highest BCUT2D eigenvalue weighted by Gasteiger charge is 2.28. The molecule has 2 aromatic rings. The van der Waals surface area contributed by atoms with Gasteiger partial charge < -0.3 is 15.0 Å². The summed E-state index contributed by atoms with van der Waals surface area (Å²) in [6.07, 6.45) is 0. The molecule has 0 spiro atoms. The SMILES string of the molecule is COC(=O)c1cc([N+](=O)[O-])cc([N+](=O)[O-])c1NCC(c1ccccc1)N(C)C. The number of carbonyl (C=O) groups is 1. The lowest BCUT2D eigenvalue weighted by molar-refractivity contribution is -0.393. The van der Waals surface area contributed by atoms with Gasteiger partial charge in [-0.1, -0.05) is 30.3 Å². The lowest BCUT2D eigenvalue weighted by Crippen LogP contribution is -2.27. The van der Waals surface area contributed by atoms with Crippen LogP contribution >= 0.6 is 0 Å². The van der Waals surface area contributed by atoms with Gasteiger partial charge >= 0.3 is 5.97 Å². The Bertz CT molecular complexity index is 885. The number of methoxy groups -OCH3 is 1. The number of nitro groups is 2. The van der Waals surface area contributed by atoms with Gasteiger partial charge in [-0.15, -0.1) is 0 Å². The van der Waals surface area contributed by atoms with Gasteiger partial charge in [-0.2, -0.15) is 0 Å². The van der Waals surface area contributed by atoms with Crippen LogP contribution in [0.3, 0.4) is 0 Å². The average molecular weight is 388 g/mol. The van der Waals surface area contributed by atoms with Crippen LogP contribution in [0.15, 0.2) is 42.5 Å². The van der Waals surface area contributed by atoms with Gasteiger partial charge in [0.1, 0.15) is 5.69 Å². The number of rotatable bonds is 8. The van der Waals surface area contributed by atoms with Gasteiger partial charge in [0.15, 0.2) is 0 Å². The molecule has 0 saturated carbocycles.